The van der Waals surface area contributed by atoms with E-state index in [0.717, 1.165) is 11.6 Å². The van der Waals surface area contributed by atoms with Crippen molar-refractivity contribution in [1.82, 2.24) is 4.98 Å². The molecule has 20 heavy (non-hydrogen) atoms. The number of rotatable bonds is 3. The van der Waals surface area contributed by atoms with Gasteiger partial charge in [0.15, 0.2) is 0 Å². The fourth-order valence-corrected chi connectivity index (χ4v) is 2.28. The first-order valence-electron chi connectivity index (χ1n) is 5.64. The van der Waals surface area contributed by atoms with Gasteiger partial charge < -0.3 is 5.32 Å². The van der Waals surface area contributed by atoms with E-state index in [9.17, 15) is 17.1 Å². The summed E-state index contributed by atoms with van der Waals surface area (Å²) in [4.78, 5) is 15.3. The predicted molar refractivity (Wildman–Crippen MR) is 71.7 cm³/mol. The lowest BCUT2D eigenvalue weighted by Gasteiger charge is -2.08. The minimum Gasteiger partial charge on any atom is -0.321 e. The Balaban J connectivity index is 2.34. The Morgan fingerprint density at radius 3 is 2.60 bits per heavy atom. The number of para-hydroxylation sites is 1. The maximum absolute atomic E-state index is 13.1. The molecular weight excluding hydrogens is 283 g/mol. The van der Waals surface area contributed by atoms with Gasteiger partial charge in [-0.1, -0.05) is 12.1 Å². The van der Waals surface area contributed by atoms with Gasteiger partial charge in [0.05, 0.1) is 11.3 Å². The molecule has 0 atom stereocenters. The van der Waals surface area contributed by atoms with Crippen molar-refractivity contribution in [3.63, 3.8) is 0 Å². The molecule has 7 heteroatoms. The second kappa shape index (κ2) is 5.38. The summed E-state index contributed by atoms with van der Waals surface area (Å²) < 4.78 is 35.1. The van der Waals surface area contributed by atoms with Crippen LogP contribution in [-0.4, -0.2) is 19.3 Å². The van der Waals surface area contributed by atoms with E-state index in [1.807, 2.05) is 0 Å². The minimum absolute atomic E-state index is 0.110. The van der Waals surface area contributed by atoms with E-state index >= 15 is 0 Å². The number of benzene rings is 1. The maximum atomic E-state index is 13.1. The molecule has 0 aliphatic heterocycles. The Labute approximate surface area is 115 Å². The third-order valence-corrected chi connectivity index (χ3v) is 3.42. The van der Waals surface area contributed by atoms with Gasteiger partial charge in [0.25, 0.3) is 5.91 Å². The first-order valence-corrected chi connectivity index (χ1v) is 7.03. The van der Waals surface area contributed by atoms with Crippen LogP contribution in [0.5, 0.6) is 0 Å². The largest absolute Gasteiger partial charge is 0.334 e. The molecule has 1 aromatic carbocycles. The highest BCUT2D eigenvalue weighted by molar-refractivity contribution is 7.86. The van der Waals surface area contributed by atoms with Crippen LogP contribution >= 0.6 is 0 Å². The summed E-state index contributed by atoms with van der Waals surface area (Å²) in [5.74, 6) is -0.558. The van der Waals surface area contributed by atoms with Crippen LogP contribution in [0.3, 0.4) is 0 Å². The zero-order chi connectivity index (χ0) is 14.8. The Hall–Kier alpha value is -2.28. The van der Waals surface area contributed by atoms with E-state index in [1.165, 1.54) is 24.4 Å². The number of carbonyl (C=O) groups is 1. The molecule has 0 aliphatic rings. The fourth-order valence-electron chi connectivity index (χ4n) is 1.66. The van der Waals surface area contributed by atoms with Gasteiger partial charge in [0.1, 0.15) is 4.90 Å². The van der Waals surface area contributed by atoms with Crippen molar-refractivity contribution in [3.05, 3.63) is 53.9 Å². The molecule has 1 heterocycles. The number of anilines is 1. The van der Waals surface area contributed by atoms with Gasteiger partial charge in [-0.05, 0) is 30.7 Å². The summed E-state index contributed by atoms with van der Waals surface area (Å²) in [6, 6.07) is 6.86. The van der Waals surface area contributed by atoms with Crippen LogP contribution in [-0.2, 0) is 10.2 Å². The summed E-state index contributed by atoms with van der Waals surface area (Å²) in [7, 11) is -4.90. The van der Waals surface area contributed by atoms with Crippen molar-refractivity contribution in [2.45, 2.75) is 11.8 Å². The van der Waals surface area contributed by atoms with Crippen LogP contribution in [0.4, 0.5) is 9.57 Å². The number of pyridine rings is 1. The average molecular weight is 294 g/mol. The number of nitrogens with zero attached hydrogens (tertiary/aromatic N) is 1. The molecule has 0 saturated heterocycles. The number of hydrogen-bond acceptors (Lipinski definition) is 4. The van der Waals surface area contributed by atoms with E-state index in [-0.39, 0.29) is 11.3 Å². The molecule has 0 aliphatic carbocycles. The monoisotopic (exact) mass is 294 g/mol. The van der Waals surface area contributed by atoms with Crippen molar-refractivity contribution in [1.29, 1.82) is 0 Å². The number of carbonyl (C=O) groups excluding carboxylic acids is 1. The Kier molecular flexibility index (Phi) is 3.80. The SMILES string of the molecule is Cc1cncc(C(=O)Nc2ccccc2S(=O)(=O)F)c1. The van der Waals surface area contributed by atoms with Crippen LogP contribution in [0.1, 0.15) is 15.9 Å². The van der Waals surface area contributed by atoms with Crippen molar-refractivity contribution in [3.8, 4) is 0 Å². The lowest BCUT2D eigenvalue weighted by atomic mass is 10.2. The molecule has 1 aromatic heterocycles. The van der Waals surface area contributed by atoms with E-state index in [1.54, 1.807) is 19.2 Å². The van der Waals surface area contributed by atoms with Crippen molar-refractivity contribution in [2.75, 3.05) is 5.32 Å². The quantitative estimate of drug-likeness (QED) is 0.881. The first-order chi connectivity index (χ1) is 9.38. The van der Waals surface area contributed by atoms with Crippen molar-refractivity contribution < 1.29 is 17.1 Å². The second-order valence-electron chi connectivity index (χ2n) is 4.14. The first kappa shape index (κ1) is 14.1. The molecule has 5 nitrogen and oxygen atoms in total. The number of amides is 1. The van der Waals surface area contributed by atoms with Crippen molar-refractivity contribution >= 4 is 21.8 Å². The van der Waals surface area contributed by atoms with Gasteiger partial charge in [0.2, 0.25) is 0 Å². The Morgan fingerprint density at radius 2 is 1.95 bits per heavy atom. The number of hydrogen-bond donors (Lipinski definition) is 1. The normalized spacial score (nSPS) is 11.1. The molecular formula is C13H11FN2O3S. The smallest absolute Gasteiger partial charge is 0.321 e. The van der Waals surface area contributed by atoms with Gasteiger partial charge in [-0.25, -0.2) is 0 Å². The standard InChI is InChI=1S/C13H11FN2O3S/c1-9-6-10(8-15-7-9)13(17)16-11-4-2-3-5-12(11)20(14,18)19/h2-8H,1H3,(H,16,17). The molecule has 0 bridgehead atoms. The third-order valence-electron chi connectivity index (χ3n) is 2.54. The number of aromatic nitrogens is 1. The number of nitrogens with one attached hydrogen (secondary N) is 1. The highest BCUT2D eigenvalue weighted by Gasteiger charge is 2.18. The number of halogens is 1. The zero-order valence-electron chi connectivity index (χ0n) is 10.5. The summed E-state index contributed by atoms with van der Waals surface area (Å²) in [5, 5.41) is 2.36. The molecule has 0 unspecified atom stereocenters. The zero-order valence-corrected chi connectivity index (χ0v) is 11.3. The molecule has 0 fully saturated rings. The number of aryl methyl sites for hydroxylation is 1. The molecule has 0 radical (unpaired) electrons. The molecule has 104 valence electrons. The highest BCUT2D eigenvalue weighted by Crippen LogP contribution is 2.23. The minimum atomic E-state index is -4.90. The van der Waals surface area contributed by atoms with Crippen LogP contribution < -0.4 is 5.32 Å². The van der Waals surface area contributed by atoms with Crippen molar-refractivity contribution in [2.24, 2.45) is 0 Å². The van der Waals surface area contributed by atoms with Crippen LogP contribution in [0, 0.1) is 6.92 Å². The Morgan fingerprint density at radius 1 is 1.25 bits per heavy atom. The molecule has 0 saturated carbocycles. The summed E-state index contributed by atoms with van der Waals surface area (Å²) >= 11 is 0. The third kappa shape index (κ3) is 3.18. The summed E-state index contributed by atoms with van der Waals surface area (Å²) in [6.45, 7) is 1.77. The van der Waals surface area contributed by atoms with Crippen LogP contribution in [0.2, 0.25) is 0 Å². The van der Waals surface area contributed by atoms with Crippen LogP contribution in [0.25, 0.3) is 0 Å². The molecule has 1 N–H and O–H groups in total. The van der Waals surface area contributed by atoms with E-state index in [2.05, 4.69) is 10.3 Å². The summed E-state index contributed by atoms with van der Waals surface area (Å²) in [5.41, 5.74) is 0.932. The topological polar surface area (TPSA) is 76.1 Å². The molecule has 1 amide bonds. The van der Waals surface area contributed by atoms with Gasteiger partial charge in [-0.15, -0.1) is 3.89 Å². The lowest BCUT2D eigenvalue weighted by Crippen LogP contribution is -2.14. The Bertz CT molecular complexity index is 760. The molecule has 2 aromatic rings. The molecule has 0 spiro atoms. The summed E-state index contributed by atoms with van der Waals surface area (Å²) in [6.07, 6.45) is 2.92. The van der Waals surface area contributed by atoms with Gasteiger partial charge in [0, 0.05) is 12.4 Å². The average Bonchev–Trinajstić information content (AvgIpc) is 2.38. The van der Waals surface area contributed by atoms with Gasteiger partial charge >= 0.3 is 10.2 Å². The van der Waals surface area contributed by atoms with E-state index in [0.29, 0.717) is 0 Å². The van der Waals surface area contributed by atoms with Gasteiger partial charge in [-0.3, -0.25) is 9.78 Å². The second-order valence-corrected chi connectivity index (χ2v) is 5.45. The van der Waals surface area contributed by atoms with E-state index in [4.69, 9.17) is 0 Å². The predicted octanol–water partition coefficient (Wildman–Crippen LogP) is 2.30. The lowest BCUT2D eigenvalue weighted by molar-refractivity contribution is 0.102. The molecule has 2 rings (SSSR count). The van der Waals surface area contributed by atoms with Gasteiger partial charge in [-0.2, -0.15) is 8.42 Å². The fraction of sp³-hybridized carbons (Fsp3) is 0.0769. The van der Waals surface area contributed by atoms with Crippen LogP contribution in [0.15, 0.2) is 47.6 Å². The highest BCUT2D eigenvalue weighted by atomic mass is 32.3. The van der Waals surface area contributed by atoms with E-state index < -0.39 is 21.0 Å². The maximum Gasteiger partial charge on any atom is 0.334 e.